The van der Waals surface area contributed by atoms with Crippen molar-refractivity contribution < 1.29 is 28.6 Å². The van der Waals surface area contributed by atoms with E-state index in [-0.39, 0.29) is 31.1 Å². The Morgan fingerprint density at radius 1 is 0.276 bits per heavy atom. The molecule has 0 saturated carbocycles. The van der Waals surface area contributed by atoms with Crippen LogP contribution in [0.15, 0.2) is 0 Å². The highest BCUT2D eigenvalue weighted by Gasteiger charge is 2.19. The third kappa shape index (κ3) is 45.5. The first-order valence-corrected chi connectivity index (χ1v) is 26.0. The second-order valence-electron chi connectivity index (χ2n) is 17.8. The zero-order chi connectivity index (χ0) is 42.3. The maximum atomic E-state index is 12.7. The molecular formula is C52H100O6. The molecule has 0 aromatic carbocycles. The maximum absolute atomic E-state index is 12.7. The second-order valence-corrected chi connectivity index (χ2v) is 17.8. The molecule has 6 heteroatoms. The van der Waals surface area contributed by atoms with Gasteiger partial charge in [0, 0.05) is 19.3 Å². The number of carbonyl (C=O) groups excluding carboxylic acids is 3. The number of esters is 3. The smallest absolute Gasteiger partial charge is 0.306 e. The summed E-state index contributed by atoms with van der Waals surface area (Å²) in [6.07, 6.45) is 51.3. The van der Waals surface area contributed by atoms with Crippen LogP contribution in [0, 0.1) is 0 Å². The Hall–Kier alpha value is -1.59. The lowest BCUT2D eigenvalue weighted by atomic mass is 10.0. The topological polar surface area (TPSA) is 78.9 Å². The Kier molecular flexibility index (Phi) is 46.8. The summed E-state index contributed by atoms with van der Waals surface area (Å²) in [4.78, 5) is 37.6. The van der Waals surface area contributed by atoms with Crippen molar-refractivity contribution in [2.45, 2.75) is 303 Å². The number of carbonyl (C=O) groups is 3. The first-order valence-electron chi connectivity index (χ1n) is 26.0. The highest BCUT2D eigenvalue weighted by molar-refractivity contribution is 5.71. The predicted octanol–water partition coefficient (Wildman–Crippen LogP) is 16.8. The van der Waals surface area contributed by atoms with Gasteiger partial charge in [-0.25, -0.2) is 0 Å². The van der Waals surface area contributed by atoms with Crippen LogP contribution in [-0.2, 0) is 28.6 Å². The summed E-state index contributed by atoms with van der Waals surface area (Å²) in [5.41, 5.74) is 0. The van der Waals surface area contributed by atoms with Gasteiger partial charge >= 0.3 is 17.9 Å². The molecule has 0 spiro atoms. The van der Waals surface area contributed by atoms with Crippen LogP contribution in [0.3, 0.4) is 0 Å². The molecule has 0 aromatic rings. The lowest BCUT2D eigenvalue weighted by molar-refractivity contribution is -0.167. The van der Waals surface area contributed by atoms with E-state index in [2.05, 4.69) is 20.8 Å². The molecule has 0 aliphatic carbocycles. The van der Waals surface area contributed by atoms with E-state index < -0.39 is 6.10 Å². The van der Waals surface area contributed by atoms with Gasteiger partial charge in [-0.1, -0.05) is 258 Å². The second kappa shape index (κ2) is 48.1. The molecule has 0 heterocycles. The largest absolute Gasteiger partial charge is 0.462 e. The van der Waals surface area contributed by atoms with Crippen molar-refractivity contribution in [1.82, 2.24) is 0 Å². The molecule has 0 amide bonds. The Balaban J connectivity index is 3.99. The van der Waals surface area contributed by atoms with Gasteiger partial charge in [0.1, 0.15) is 13.2 Å². The van der Waals surface area contributed by atoms with E-state index in [1.54, 1.807) is 0 Å². The van der Waals surface area contributed by atoms with Crippen molar-refractivity contribution in [3.8, 4) is 0 Å². The molecule has 1 atom stereocenters. The van der Waals surface area contributed by atoms with Crippen molar-refractivity contribution in [3.63, 3.8) is 0 Å². The van der Waals surface area contributed by atoms with Gasteiger partial charge in [-0.05, 0) is 19.3 Å². The SMILES string of the molecule is CCCCCCCCCCCCCCCCCCCCCCCCCCC(=O)OCC(COC(=O)CCCCCCCCC)OC(=O)CCCCCCCCCCC. The minimum absolute atomic E-state index is 0.0631. The molecule has 0 radical (unpaired) electrons. The first kappa shape index (κ1) is 56.4. The van der Waals surface area contributed by atoms with Crippen molar-refractivity contribution in [2.75, 3.05) is 13.2 Å². The number of rotatable bonds is 48. The summed E-state index contributed by atoms with van der Waals surface area (Å²) in [6, 6.07) is 0. The summed E-state index contributed by atoms with van der Waals surface area (Å²) in [6.45, 7) is 6.61. The Morgan fingerprint density at radius 2 is 0.466 bits per heavy atom. The van der Waals surface area contributed by atoms with E-state index in [4.69, 9.17) is 14.2 Å². The quantitative estimate of drug-likeness (QED) is 0.0346. The van der Waals surface area contributed by atoms with Crippen LogP contribution < -0.4 is 0 Å². The third-order valence-electron chi connectivity index (χ3n) is 11.9. The van der Waals surface area contributed by atoms with Gasteiger partial charge in [0.2, 0.25) is 0 Å². The number of unbranched alkanes of at least 4 members (excludes halogenated alkanes) is 37. The van der Waals surface area contributed by atoms with E-state index in [1.807, 2.05) is 0 Å². The van der Waals surface area contributed by atoms with Gasteiger partial charge in [-0.2, -0.15) is 0 Å². The summed E-state index contributed by atoms with van der Waals surface area (Å²) in [7, 11) is 0. The molecule has 344 valence electrons. The lowest BCUT2D eigenvalue weighted by Crippen LogP contribution is -2.30. The summed E-state index contributed by atoms with van der Waals surface area (Å²) < 4.78 is 16.7. The normalized spacial score (nSPS) is 11.8. The zero-order valence-corrected chi connectivity index (χ0v) is 39.3. The highest BCUT2D eigenvalue weighted by Crippen LogP contribution is 2.17. The molecule has 6 nitrogen and oxygen atoms in total. The van der Waals surface area contributed by atoms with Crippen LogP contribution in [0.5, 0.6) is 0 Å². The van der Waals surface area contributed by atoms with Crippen LogP contribution >= 0.6 is 0 Å². The summed E-state index contributed by atoms with van der Waals surface area (Å²) in [5, 5.41) is 0. The minimum Gasteiger partial charge on any atom is -0.462 e. The average molecular weight is 821 g/mol. The third-order valence-corrected chi connectivity index (χ3v) is 11.9. The fourth-order valence-corrected chi connectivity index (χ4v) is 7.92. The first-order chi connectivity index (χ1) is 28.5. The Labute approximate surface area is 361 Å². The standard InChI is InChI=1S/C52H100O6/c1-4-7-10-13-16-18-19-20-21-22-23-24-25-26-27-28-29-30-31-32-34-36-39-42-45-51(54)57-48-49(47-56-50(53)44-41-38-35-15-12-9-6-3)58-52(55)46-43-40-37-33-17-14-11-8-5-2/h49H,4-48H2,1-3H3. The molecule has 0 aromatic heterocycles. The van der Waals surface area contributed by atoms with Gasteiger partial charge in [-0.15, -0.1) is 0 Å². The molecule has 0 fully saturated rings. The molecular weight excluding hydrogens is 721 g/mol. The number of hydrogen-bond acceptors (Lipinski definition) is 6. The maximum Gasteiger partial charge on any atom is 0.306 e. The van der Waals surface area contributed by atoms with Gasteiger partial charge < -0.3 is 14.2 Å². The lowest BCUT2D eigenvalue weighted by Gasteiger charge is -2.18. The zero-order valence-electron chi connectivity index (χ0n) is 39.3. The fraction of sp³-hybridized carbons (Fsp3) is 0.942. The van der Waals surface area contributed by atoms with Gasteiger partial charge in [-0.3, -0.25) is 14.4 Å². The van der Waals surface area contributed by atoms with Crippen LogP contribution in [0.2, 0.25) is 0 Å². The fourth-order valence-electron chi connectivity index (χ4n) is 7.92. The van der Waals surface area contributed by atoms with E-state index in [9.17, 15) is 14.4 Å². The van der Waals surface area contributed by atoms with Crippen molar-refractivity contribution in [3.05, 3.63) is 0 Å². The molecule has 0 bridgehead atoms. The predicted molar refractivity (Wildman–Crippen MR) is 247 cm³/mol. The monoisotopic (exact) mass is 821 g/mol. The van der Waals surface area contributed by atoms with Gasteiger partial charge in [0.05, 0.1) is 0 Å². The van der Waals surface area contributed by atoms with Crippen molar-refractivity contribution in [2.24, 2.45) is 0 Å². The minimum atomic E-state index is -0.757. The van der Waals surface area contributed by atoms with Crippen molar-refractivity contribution >= 4 is 17.9 Å². The van der Waals surface area contributed by atoms with E-state index in [0.717, 1.165) is 57.8 Å². The van der Waals surface area contributed by atoms with Crippen molar-refractivity contribution in [1.29, 1.82) is 0 Å². The van der Waals surface area contributed by atoms with Gasteiger partial charge in [0.25, 0.3) is 0 Å². The van der Waals surface area contributed by atoms with Crippen LogP contribution in [0.1, 0.15) is 297 Å². The molecule has 0 rings (SSSR count). The molecule has 0 aliphatic heterocycles. The molecule has 0 saturated heterocycles. The Bertz CT molecular complexity index is 859. The summed E-state index contributed by atoms with van der Waals surface area (Å²) >= 11 is 0. The molecule has 1 unspecified atom stereocenters. The van der Waals surface area contributed by atoms with Crippen LogP contribution in [0.4, 0.5) is 0 Å². The van der Waals surface area contributed by atoms with E-state index in [1.165, 1.54) is 199 Å². The van der Waals surface area contributed by atoms with Gasteiger partial charge in [0.15, 0.2) is 6.10 Å². The number of hydrogen-bond donors (Lipinski definition) is 0. The van der Waals surface area contributed by atoms with Crippen LogP contribution in [0.25, 0.3) is 0 Å². The van der Waals surface area contributed by atoms with E-state index in [0.29, 0.717) is 19.3 Å². The molecule has 58 heavy (non-hydrogen) atoms. The average Bonchev–Trinajstić information content (AvgIpc) is 3.22. The van der Waals surface area contributed by atoms with Crippen LogP contribution in [-0.4, -0.2) is 37.2 Å². The number of ether oxygens (including phenoxy) is 3. The molecule has 0 aliphatic rings. The van der Waals surface area contributed by atoms with E-state index >= 15 is 0 Å². The highest BCUT2D eigenvalue weighted by atomic mass is 16.6. The molecule has 0 N–H and O–H groups in total. The summed E-state index contributed by atoms with van der Waals surface area (Å²) in [5.74, 6) is -0.856. The Morgan fingerprint density at radius 3 is 0.690 bits per heavy atom.